The quantitative estimate of drug-likeness (QED) is 0.807. The first-order valence-corrected chi connectivity index (χ1v) is 5.93. The van der Waals surface area contributed by atoms with Crippen molar-refractivity contribution in [1.29, 1.82) is 0 Å². The number of amides is 1. The summed E-state index contributed by atoms with van der Waals surface area (Å²) in [4.78, 5) is 20.8. The van der Waals surface area contributed by atoms with E-state index in [0.717, 1.165) is 5.82 Å². The summed E-state index contributed by atoms with van der Waals surface area (Å²) in [5.74, 6) is 0.920. The molecule has 0 bridgehead atoms. The van der Waals surface area contributed by atoms with E-state index in [1.807, 2.05) is 13.8 Å². The number of aliphatic hydroxyl groups is 1. The Hall–Kier alpha value is -1.36. The lowest BCUT2D eigenvalue weighted by atomic mass is 9.90. The van der Waals surface area contributed by atoms with Crippen LogP contribution >= 0.6 is 0 Å². The lowest BCUT2D eigenvalue weighted by Gasteiger charge is -2.20. The summed E-state index contributed by atoms with van der Waals surface area (Å²) in [5, 5.41) is 9.82. The highest BCUT2D eigenvalue weighted by molar-refractivity contribution is 5.76. The fourth-order valence-electron chi connectivity index (χ4n) is 2.13. The van der Waals surface area contributed by atoms with Crippen molar-refractivity contribution in [3.8, 4) is 0 Å². The van der Waals surface area contributed by atoms with Gasteiger partial charge in [-0.3, -0.25) is 4.79 Å². The van der Waals surface area contributed by atoms with Crippen LogP contribution in [0.15, 0.2) is 12.4 Å². The molecule has 17 heavy (non-hydrogen) atoms. The van der Waals surface area contributed by atoms with Crippen molar-refractivity contribution >= 4 is 5.91 Å². The zero-order valence-corrected chi connectivity index (χ0v) is 10.3. The third kappa shape index (κ3) is 2.66. The van der Waals surface area contributed by atoms with Crippen LogP contribution in [0.4, 0.5) is 0 Å². The molecular formula is C12H19N3O2. The van der Waals surface area contributed by atoms with Crippen LogP contribution in [0.25, 0.3) is 0 Å². The van der Waals surface area contributed by atoms with Crippen molar-refractivity contribution < 1.29 is 9.90 Å². The Kier molecular flexibility index (Phi) is 3.19. The van der Waals surface area contributed by atoms with Crippen molar-refractivity contribution in [1.82, 2.24) is 14.9 Å². The number of imidazole rings is 1. The number of carbonyl (C=O) groups is 1. The summed E-state index contributed by atoms with van der Waals surface area (Å²) in [6.45, 7) is 5.05. The summed E-state index contributed by atoms with van der Waals surface area (Å²) in [6.07, 6.45) is 4.08. The van der Waals surface area contributed by atoms with Gasteiger partial charge in [0.05, 0.1) is 6.10 Å². The number of carbonyl (C=O) groups excluding carboxylic acids is 1. The summed E-state index contributed by atoms with van der Waals surface area (Å²) in [7, 11) is 0. The first-order chi connectivity index (χ1) is 7.99. The van der Waals surface area contributed by atoms with Crippen LogP contribution in [0.3, 0.4) is 0 Å². The molecule has 1 atom stereocenters. The summed E-state index contributed by atoms with van der Waals surface area (Å²) in [5.41, 5.74) is -0.194. The van der Waals surface area contributed by atoms with Crippen molar-refractivity contribution in [2.75, 3.05) is 13.1 Å². The van der Waals surface area contributed by atoms with Gasteiger partial charge in [0.25, 0.3) is 0 Å². The topological polar surface area (TPSA) is 69.2 Å². The molecule has 1 saturated heterocycles. The highest BCUT2D eigenvalue weighted by atomic mass is 16.3. The van der Waals surface area contributed by atoms with Crippen molar-refractivity contribution in [2.45, 2.75) is 32.8 Å². The first-order valence-electron chi connectivity index (χ1n) is 5.93. The van der Waals surface area contributed by atoms with E-state index in [2.05, 4.69) is 9.97 Å². The Morgan fingerprint density at radius 2 is 2.47 bits per heavy atom. The molecule has 0 saturated carbocycles. The number of hydrogen-bond donors (Lipinski definition) is 2. The Labute approximate surface area is 101 Å². The number of nitrogens with zero attached hydrogens (tertiary/aromatic N) is 2. The zero-order valence-electron chi connectivity index (χ0n) is 10.3. The lowest BCUT2D eigenvalue weighted by molar-refractivity contribution is -0.130. The van der Waals surface area contributed by atoms with Gasteiger partial charge in [0, 0.05) is 43.7 Å². The molecule has 0 aromatic carbocycles. The van der Waals surface area contributed by atoms with Crippen molar-refractivity contribution in [3.05, 3.63) is 18.2 Å². The molecule has 1 fully saturated rings. The number of aryl methyl sites for hydroxylation is 1. The van der Waals surface area contributed by atoms with Crippen LogP contribution in [0.2, 0.25) is 0 Å². The molecule has 5 heteroatoms. The second-order valence-electron chi connectivity index (χ2n) is 5.31. The van der Waals surface area contributed by atoms with Gasteiger partial charge < -0.3 is 15.0 Å². The molecular weight excluding hydrogens is 218 g/mol. The third-order valence-corrected chi connectivity index (χ3v) is 3.38. The van der Waals surface area contributed by atoms with E-state index in [-0.39, 0.29) is 11.3 Å². The fourth-order valence-corrected chi connectivity index (χ4v) is 2.13. The molecule has 2 N–H and O–H groups in total. The number of rotatable bonds is 3. The largest absolute Gasteiger partial charge is 0.391 e. The minimum atomic E-state index is -0.421. The van der Waals surface area contributed by atoms with E-state index in [0.29, 0.717) is 25.9 Å². The Balaban J connectivity index is 1.85. The number of H-pyrrole nitrogens is 1. The van der Waals surface area contributed by atoms with Crippen LogP contribution in [-0.4, -0.2) is 45.1 Å². The van der Waals surface area contributed by atoms with Crippen LogP contribution in [-0.2, 0) is 11.2 Å². The molecule has 1 aromatic heterocycles. The van der Waals surface area contributed by atoms with Gasteiger partial charge in [-0.15, -0.1) is 0 Å². The fraction of sp³-hybridized carbons (Fsp3) is 0.667. The maximum Gasteiger partial charge on any atom is 0.223 e. The van der Waals surface area contributed by atoms with Gasteiger partial charge in [0.2, 0.25) is 5.91 Å². The Morgan fingerprint density at radius 3 is 3.00 bits per heavy atom. The van der Waals surface area contributed by atoms with Gasteiger partial charge in [-0.1, -0.05) is 13.8 Å². The van der Waals surface area contributed by atoms with E-state index in [9.17, 15) is 9.90 Å². The highest BCUT2D eigenvalue weighted by Gasteiger charge is 2.39. The van der Waals surface area contributed by atoms with Crippen molar-refractivity contribution in [2.24, 2.45) is 5.41 Å². The average molecular weight is 237 g/mol. The molecule has 0 aliphatic carbocycles. The molecule has 2 heterocycles. The normalized spacial score (nSPS) is 23.0. The number of likely N-dealkylation sites (tertiary alicyclic amines) is 1. The molecule has 2 rings (SSSR count). The number of nitrogens with one attached hydrogen (secondary N) is 1. The average Bonchev–Trinajstić information content (AvgIpc) is 2.84. The summed E-state index contributed by atoms with van der Waals surface area (Å²) < 4.78 is 0. The molecule has 1 aliphatic rings. The van der Waals surface area contributed by atoms with E-state index in [1.165, 1.54) is 0 Å². The Bertz CT molecular complexity index is 386. The van der Waals surface area contributed by atoms with Gasteiger partial charge in [-0.2, -0.15) is 0 Å². The molecule has 0 radical (unpaired) electrons. The SMILES string of the molecule is CC1(C)CN(C(=O)CCc2ncc[nH]2)CC1O. The molecule has 1 aromatic rings. The monoisotopic (exact) mass is 237 g/mol. The molecule has 94 valence electrons. The number of aliphatic hydroxyl groups excluding tert-OH is 1. The maximum absolute atomic E-state index is 11.9. The van der Waals surface area contributed by atoms with Gasteiger partial charge in [-0.25, -0.2) is 4.98 Å². The predicted molar refractivity (Wildman–Crippen MR) is 63.3 cm³/mol. The summed E-state index contributed by atoms with van der Waals surface area (Å²) >= 11 is 0. The Morgan fingerprint density at radius 1 is 1.71 bits per heavy atom. The van der Waals surface area contributed by atoms with E-state index >= 15 is 0 Å². The van der Waals surface area contributed by atoms with E-state index < -0.39 is 6.10 Å². The van der Waals surface area contributed by atoms with Crippen LogP contribution in [0.1, 0.15) is 26.1 Å². The molecule has 5 nitrogen and oxygen atoms in total. The zero-order chi connectivity index (χ0) is 12.5. The number of β-amino-alcohol motifs (C(OH)–C–C–N with tert-alkyl or cyclic N) is 1. The third-order valence-electron chi connectivity index (χ3n) is 3.38. The minimum absolute atomic E-state index is 0.0889. The number of aromatic amines is 1. The van der Waals surface area contributed by atoms with Crippen molar-refractivity contribution in [3.63, 3.8) is 0 Å². The molecule has 0 spiro atoms. The van der Waals surface area contributed by atoms with Gasteiger partial charge >= 0.3 is 0 Å². The van der Waals surface area contributed by atoms with Gasteiger partial charge in [-0.05, 0) is 0 Å². The molecule has 1 amide bonds. The lowest BCUT2D eigenvalue weighted by Crippen LogP contribution is -2.30. The number of hydrogen-bond acceptors (Lipinski definition) is 3. The smallest absolute Gasteiger partial charge is 0.223 e. The van der Waals surface area contributed by atoms with E-state index in [4.69, 9.17) is 0 Å². The molecule has 1 unspecified atom stereocenters. The van der Waals surface area contributed by atoms with Crippen LogP contribution in [0, 0.1) is 5.41 Å². The summed E-state index contributed by atoms with van der Waals surface area (Å²) in [6, 6.07) is 0. The van der Waals surface area contributed by atoms with Gasteiger partial charge in [0.1, 0.15) is 5.82 Å². The first kappa shape index (κ1) is 12.1. The van der Waals surface area contributed by atoms with E-state index in [1.54, 1.807) is 17.3 Å². The molecule has 1 aliphatic heterocycles. The van der Waals surface area contributed by atoms with Gasteiger partial charge in [0.15, 0.2) is 0 Å². The maximum atomic E-state index is 11.9. The second kappa shape index (κ2) is 4.49. The number of aromatic nitrogens is 2. The van der Waals surface area contributed by atoms with Crippen LogP contribution < -0.4 is 0 Å². The highest BCUT2D eigenvalue weighted by Crippen LogP contribution is 2.29. The standard InChI is InChI=1S/C12H19N3O2/c1-12(2)8-15(7-9(12)16)11(17)4-3-10-13-5-6-14-10/h5-6,9,16H,3-4,7-8H2,1-2H3,(H,13,14). The van der Waals surface area contributed by atoms with Crippen LogP contribution in [0.5, 0.6) is 0 Å². The minimum Gasteiger partial charge on any atom is -0.391 e. The second-order valence-corrected chi connectivity index (χ2v) is 5.31. The predicted octanol–water partition coefficient (Wildman–Crippen LogP) is 0.572.